The van der Waals surface area contributed by atoms with Crippen molar-refractivity contribution in [1.29, 1.82) is 0 Å². The maximum absolute atomic E-state index is 4.40. The Labute approximate surface area is 149 Å². The molecule has 0 atom stereocenters. The van der Waals surface area contributed by atoms with Gasteiger partial charge < -0.3 is 10.6 Å². The summed E-state index contributed by atoms with van der Waals surface area (Å²) in [7, 11) is 1.80. The van der Waals surface area contributed by atoms with Gasteiger partial charge in [-0.3, -0.25) is 9.98 Å². The minimum Gasteiger partial charge on any atom is -0.356 e. The molecule has 0 aliphatic heterocycles. The van der Waals surface area contributed by atoms with Gasteiger partial charge in [-0.15, -0.1) is 0 Å². The summed E-state index contributed by atoms with van der Waals surface area (Å²) in [6.45, 7) is 1.62. The van der Waals surface area contributed by atoms with E-state index >= 15 is 0 Å². The molecule has 0 saturated heterocycles. The molecule has 0 saturated carbocycles. The van der Waals surface area contributed by atoms with Gasteiger partial charge >= 0.3 is 0 Å². The van der Waals surface area contributed by atoms with Crippen LogP contribution in [0.1, 0.15) is 17.5 Å². The zero-order valence-electron chi connectivity index (χ0n) is 14.6. The zero-order valence-corrected chi connectivity index (χ0v) is 14.6. The Kier molecular flexibility index (Phi) is 5.99. The number of aliphatic imine (C=N–C) groups is 1. The molecule has 0 spiro atoms. The third-order valence-electron chi connectivity index (χ3n) is 4.19. The molecule has 0 bridgehead atoms. The van der Waals surface area contributed by atoms with E-state index in [9.17, 15) is 0 Å². The van der Waals surface area contributed by atoms with Crippen molar-refractivity contribution >= 4 is 16.9 Å². The number of nitrogens with zero attached hydrogens (tertiary/aromatic N) is 2. The Balaban J connectivity index is 1.49. The number of aromatic nitrogens is 1. The lowest BCUT2D eigenvalue weighted by molar-refractivity contribution is 0.743. The predicted octanol–water partition coefficient (Wildman–Crippen LogP) is 3.53. The van der Waals surface area contributed by atoms with Crippen LogP contribution >= 0.6 is 0 Å². The van der Waals surface area contributed by atoms with Gasteiger partial charge in [-0.05, 0) is 36.1 Å². The number of para-hydroxylation sites is 1. The number of aryl methyl sites for hydroxylation is 1. The van der Waals surface area contributed by atoms with Crippen molar-refractivity contribution in [3.63, 3.8) is 0 Å². The van der Waals surface area contributed by atoms with E-state index in [4.69, 9.17) is 0 Å². The molecule has 2 aromatic carbocycles. The van der Waals surface area contributed by atoms with Crippen LogP contribution in [0.5, 0.6) is 0 Å². The second-order valence-electron chi connectivity index (χ2n) is 5.93. The average molecular weight is 332 g/mol. The van der Waals surface area contributed by atoms with Crippen molar-refractivity contribution in [2.75, 3.05) is 13.6 Å². The smallest absolute Gasteiger partial charge is 0.191 e. The van der Waals surface area contributed by atoms with E-state index in [2.05, 4.69) is 63.1 Å². The first kappa shape index (κ1) is 17.0. The molecule has 0 radical (unpaired) electrons. The molecular formula is C21H24N4. The van der Waals surface area contributed by atoms with Gasteiger partial charge in [0.2, 0.25) is 0 Å². The Bertz CT molecular complexity index is 822. The molecule has 25 heavy (non-hydrogen) atoms. The van der Waals surface area contributed by atoms with E-state index in [0.29, 0.717) is 0 Å². The molecule has 0 unspecified atom stereocenters. The molecule has 0 aliphatic carbocycles. The minimum atomic E-state index is 0.724. The molecule has 0 fully saturated rings. The van der Waals surface area contributed by atoms with E-state index in [1.54, 1.807) is 7.05 Å². The molecule has 128 valence electrons. The number of hydrogen-bond donors (Lipinski definition) is 2. The van der Waals surface area contributed by atoms with Crippen LogP contribution < -0.4 is 10.6 Å². The summed E-state index contributed by atoms with van der Waals surface area (Å²) in [6, 6.07) is 20.8. The van der Waals surface area contributed by atoms with Gasteiger partial charge in [-0.1, -0.05) is 48.5 Å². The quantitative estimate of drug-likeness (QED) is 0.412. The monoisotopic (exact) mass is 332 g/mol. The lowest BCUT2D eigenvalue weighted by Gasteiger charge is -2.13. The largest absolute Gasteiger partial charge is 0.356 e. The van der Waals surface area contributed by atoms with Crippen molar-refractivity contribution in [2.24, 2.45) is 4.99 Å². The molecule has 0 amide bonds. The van der Waals surface area contributed by atoms with Gasteiger partial charge in [0, 0.05) is 31.7 Å². The van der Waals surface area contributed by atoms with Crippen LogP contribution in [0.4, 0.5) is 0 Å². The maximum Gasteiger partial charge on any atom is 0.191 e. The molecule has 4 nitrogen and oxygen atoms in total. The van der Waals surface area contributed by atoms with Crippen molar-refractivity contribution in [3.05, 3.63) is 78.0 Å². The van der Waals surface area contributed by atoms with Crippen molar-refractivity contribution in [3.8, 4) is 0 Å². The van der Waals surface area contributed by atoms with Crippen LogP contribution in [-0.4, -0.2) is 24.5 Å². The molecule has 3 rings (SSSR count). The lowest BCUT2D eigenvalue weighted by atomic mass is 10.1. The molecule has 1 aromatic heterocycles. The van der Waals surface area contributed by atoms with Crippen molar-refractivity contribution in [1.82, 2.24) is 15.6 Å². The van der Waals surface area contributed by atoms with E-state index in [-0.39, 0.29) is 0 Å². The summed E-state index contributed by atoms with van der Waals surface area (Å²) in [5.74, 6) is 0.828. The van der Waals surface area contributed by atoms with Crippen LogP contribution in [0, 0.1) is 0 Å². The second kappa shape index (κ2) is 8.83. The third kappa shape index (κ3) is 4.80. The number of benzene rings is 2. The molecule has 1 heterocycles. The van der Waals surface area contributed by atoms with Gasteiger partial charge in [0.05, 0.1) is 5.52 Å². The summed E-state index contributed by atoms with van der Waals surface area (Å²) in [5.41, 5.74) is 3.61. The number of rotatable bonds is 6. The number of fused-ring (bicyclic) bond motifs is 1. The van der Waals surface area contributed by atoms with Gasteiger partial charge in [0.15, 0.2) is 5.96 Å². The summed E-state index contributed by atoms with van der Waals surface area (Å²) < 4.78 is 0. The second-order valence-corrected chi connectivity index (χ2v) is 5.93. The molecule has 4 heteroatoms. The van der Waals surface area contributed by atoms with Crippen molar-refractivity contribution in [2.45, 2.75) is 19.4 Å². The fraction of sp³-hybridized carbons (Fsp3) is 0.238. The highest BCUT2D eigenvalue weighted by molar-refractivity contribution is 5.83. The number of hydrogen-bond acceptors (Lipinski definition) is 2. The first-order chi connectivity index (χ1) is 12.4. The summed E-state index contributed by atoms with van der Waals surface area (Å²) >= 11 is 0. The normalized spacial score (nSPS) is 11.5. The highest BCUT2D eigenvalue weighted by Gasteiger charge is 2.03. The van der Waals surface area contributed by atoms with Crippen LogP contribution in [0.2, 0.25) is 0 Å². The fourth-order valence-corrected chi connectivity index (χ4v) is 2.85. The van der Waals surface area contributed by atoms with Gasteiger partial charge in [-0.25, -0.2) is 0 Å². The Morgan fingerprint density at radius 3 is 2.60 bits per heavy atom. The van der Waals surface area contributed by atoms with E-state index < -0.39 is 0 Å². The van der Waals surface area contributed by atoms with E-state index in [1.807, 2.05) is 24.4 Å². The number of pyridine rings is 1. The summed E-state index contributed by atoms with van der Waals surface area (Å²) in [6.07, 6.45) is 4.00. The van der Waals surface area contributed by atoms with Crippen LogP contribution in [-0.2, 0) is 13.0 Å². The Morgan fingerprint density at radius 2 is 1.76 bits per heavy atom. The molecule has 2 N–H and O–H groups in total. The fourth-order valence-electron chi connectivity index (χ4n) is 2.85. The SMILES string of the molecule is CN=C(NCCCc1ccccc1)NCc1ccnc2ccccc12. The third-order valence-corrected chi connectivity index (χ3v) is 4.19. The highest BCUT2D eigenvalue weighted by Crippen LogP contribution is 2.15. The molecule has 0 aliphatic rings. The van der Waals surface area contributed by atoms with Crippen LogP contribution in [0.3, 0.4) is 0 Å². The maximum atomic E-state index is 4.40. The van der Waals surface area contributed by atoms with E-state index in [0.717, 1.165) is 37.4 Å². The van der Waals surface area contributed by atoms with Crippen molar-refractivity contribution < 1.29 is 0 Å². The lowest BCUT2D eigenvalue weighted by Crippen LogP contribution is -2.37. The standard InChI is InChI=1S/C21H24N4/c1-22-21(24-14-7-10-17-8-3-2-4-9-17)25-16-18-13-15-23-20-12-6-5-11-19(18)20/h2-6,8-9,11-13,15H,7,10,14,16H2,1H3,(H2,22,24,25). The first-order valence-corrected chi connectivity index (χ1v) is 8.68. The Hall–Kier alpha value is -2.88. The predicted molar refractivity (Wildman–Crippen MR) is 105 cm³/mol. The summed E-state index contributed by atoms with van der Waals surface area (Å²) in [4.78, 5) is 8.71. The van der Waals surface area contributed by atoms with Gasteiger partial charge in [-0.2, -0.15) is 0 Å². The van der Waals surface area contributed by atoms with Gasteiger partial charge in [0.1, 0.15) is 0 Å². The number of guanidine groups is 1. The average Bonchev–Trinajstić information content (AvgIpc) is 2.68. The van der Waals surface area contributed by atoms with E-state index in [1.165, 1.54) is 16.5 Å². The molecular weight excluding hydrogens is 308 g/mol. The number of nitrogens with one attached hydrogen (secondary N) is 2. The summed E-state index contributed by atoms with van der Waals surface area (Å²) in [5, 5.41) is 7.95. The zero-order chi connectivity index (χ0) is 17.3. The topological polar surface area (TPSA) is 49.3 Å². The highest BCUT2D eigenvalue weighted by atomic mass is 15.2. The first-order valence-electron chi connectivity index (χ1n) is 8.68. The molecule has 3 aromatic rings. The Morgan fingerprint density at radius 1 is 0.960 bits per heavy atom. The van der Waals surface area contributed by atoms with Crippen LogP contribution in [0.15, 0.2) is 71.9 Å². The van der Waals surface area contributed by atoms with Crippen LogP contribution in [0.25, 0.3) is 10.9 Å². The minimum absolute atomic E-state index is 0.724. The van der Waals surface area contributed by atoms with Gasteiger partial charge in [0.25, 0.3) is 0 Å².